The van der Waals surface area contributed by atoms with Gasteiger partial charge < -0.3 is 14.2 Å². The monoisotopic (exact) mass is 521 g/mol. The molecular weight excluding hydrogens is 498 g/mol. The van der Waals surface area contributed by atoms with Crippen LogP contribution in [0.15, 0.2) is 96.1 Å². The molecule has 1 aliphatic heterocycles. The number of nitrogens with zero attached hydrogens (tertiary/aromatic N) is 1. The third-order valence-corrected chi connectivity index (χ3v) is 6.50. The Hall–Kier alpha value is -5.24. The lowest BCUT2D eigenvalue weighted by Gasteiger charge is -2.15. The SMILES string of the molecule is COc1ccc2cc(C(=O)Oc3ccc(OC(=O)c4ccc(N5C(=O)C(C)=C(C)C5=O)cc4)cc3)ccc2c1. The van der Waals surface area contributed by atoms with Crippen LogP contribution >= 0.6 is 0 Å². The smallest absolute Gasteiger partial charge is 0.343 e. The summed E-state index contributed by atoms with van der Waals surface area (Å²) in [4.78, 5) is 51.0. The van der Waals surface area contributed by atoms with Crippen LogP contribution in [-0.2, 0) is 9.59 Å². The largest absolute Gasteiger partial charge is 0.497 e. The fraction of sp³-hybridized carbons (Fsp3) is 0.0968. The van der Waals surface area contributed by atoms with E-state index < -0.39 is 11.9 Å². The van der Waals surface area contributed by atoms with Gasteiger partial charge in [-0.05, 0) is 97.4 Å². The number of hydrogen-bond donors (Lipinski definition) is 0. The molecule has 1 heterocycles. The van der Waals surface area contributed by atoms with E-state index in [4.69, 9.17) is 14.2 Å². The minimum atomic E-state index is -0.622. The molecule has 0 spiro atoms. The molecule has 8 heteroatoms. The van der Waals surface area contributed by atoms with Gasteiger partial charge in [-0.3, -0.25) is 9.59 Å². The van der Waals surface area contributed by atoms with Crippen molar-refractivity contribution in [2.45, 2.75) is 13.8 Å². The van der Waals surface area contributed by atoms with Crippen molar-refractivity contribution in [2.75, 3.05) is 12.0 Å². The van der Waals surface area contributed by atoms with Gasteiger partial charge in [0, 0.05) is 11.1 Å². The second-order valence-corrected chi connectivity index (χ2v) is 8.92. The number of benzene rings is 4. The normalized spacial score (nSPS) is 13.2. The molecule has 5 rings (SSSR count). The van der Waals surface area contributed by atoms with Crippen LogP contribution in [0.5, 0.6) is 17.2 Å². The summed E-state index contributed by atoms with van der Waals surface area (Å²) in [5.74, 6) is -0.628. The molecule has 0 radical (unpaired) electrons. The van der Waals surface area contributed by atoms with E-state index in [1.165, 1.54) is 48.5 Å². The highest BCUT2D eigenvalue weighted by molar-refractivity contribution is 6.32. The second kappa shape index (κ2) is 10.3. The van der Waals surface area contributed by atoms with E-state index in [0.717, 1.165) is 21.4 Å². The molecule has 0 aliphatic carbocycles. The van der Waals surface area contributed by atoms with Crippen LogP contribution in [0.2, 0.25) is 0 Å². The molecular formula is C31H23NO7. The Kier molecular flexibility index (Phi) is 6.68. The number of ether oxygens (including phenoxy) is 3. The van der Waals surface area contributed by atoms with E-state index >= 15 is 0 Å². The average molecular weight is 522 g/mol. The van der Waals surface area contributed by atoms with Crippen LogP contribution < -0.4 is 19.1 Å². The van der Waals surface area contributed by atoms with Crippen molar-refractivity contribution < 1.29 is 33.4 Å². The van der Waals surface area contributed by atoms with Gasteiger partial charge in [0.15, 0.2) is 0 Å². The van der Waals surface area contributed by atoms with Crippen molar-refractivity contribution >= 4 is 40.2 Å². The Morgan fingerprint density at radius 2 is 1.05 bits per heavy atom. The summed E-state index contributed by atoms with van der Waals surface area (Å²) in [6.07, 6.45) is 0. The lowest BCUT2D eigenvalue weighted by atomic mass is 10.1. The van der Waals surface area contributed by atoms with Gasteiger partial charge in [-0.1, -0.05) is 12.1 Å². The summed E-state index contributed by atoms with van der Waals surface area (Å²) in [7, 11) is 1.60. The van der Waals surface area contributed by atoms with Gasteiger partial charge in [-0.2, -0.15) is 0 Å². The van der Waals surface area contributed by atoms with Gasteiger partial charge in [0.1, 0.15) is 17.2 Å². The number of imide groups is 1. The molecule has 0 N–H and O–H groups in total. The molecule has 39 heavy (non-hydrogen) atoms. The van der Waals surface area contributed by atoms with E-state index in [0.29, 0.717) is 22.4 Å². The van der Waals surface area contributed by atoms with Crippen molar-refractivity contribution in [3.63, 3.8) is 0 Å². The summed E-state index contributed by atoms with van der Waals surface area (Å²) in [6, 6.07) is 22.9. The van der Waals surface area contributed by atoms with Gasteiger partial charge in [-0.15, -0.1) is 0 Å². The van der Waals surface area contributed by atoms with Crippen LogP contribution in [0.25, 0.3) is 10.8 Å². The van der Waals surface area contributed by atoms with Crippen molar-refractivity contribution in [1.29, 1.82) is 0 Å². The maximum Gasteiger partial charge on any atom is 0.343 e. The number of rotatable bonds is 6. The topological polar surface area (TPSA) is 99.2 Å². The molecule has 0 bridgehead atoms. The van der Waals surface area contributed by atoms with E-state index in [1.54, 1.807) is 33.1 Å². The van der Waals surface area contributed by atoms with Crippen molar-refractivity contribution in [1.82, 2.24) is 0 Å². The number of amides is 2. The molecule has 0 saturated heterocycles. The van der Waals surface area contributed by atoms with Crippen molar-refractivity contribution in [3.8, 4) is 17.2 Å². The number of anilines is 1. The van der Waals surface area contributed by atoms with Crippen LogP contribution in [-0.4, -0.2) is 30.9 Å². The second-order valence-electron chi connectivity index (χ2n) is 8.92. The Balaban J connectivity index is 1.21. The first-order valence-corrected chi connectivity index (χ1v) is 12.0. The maximum atomic E-state index is 12.6. The Morgan fingerprint density at radius 3 is 1.62 bits per heavy atom. The summed E-state index contributed by atoms with van der Waals surface area (Å²) in [5.41, 5.74) is 1.80. The molecule has 0 atom stereocenters. The zero-order valence-corrected chi connectivity index (χ0v) is 21.4. The van der Waals surface area contributed by atoms with E-state index in [2.05, 4.69) is 0 Å². The minimum Gasteiger partial charge on any atom is -0.497 e. The predicted octanol–water partition coefficient (Wildman–Crippen LogP) is 5.50. The molecule has 4 aromatic rings. The van der Waals surface area contributed by atoms with Crippen LogP contribution in [0.1, 0.15) is 34.6 Å². The quantitative estimate of drug-likeness (QED) is 0.188. The highest BCUT2D eigenvalue weighted by Gasteiger charge is 2.34. The molecule has 1 aliphatic rings. The number of fused-ring (bicyclic) bond motifs is 1. The standard InChI is InChI=1S/C31H23NO7/c1-18-19(2)29(34)32(28(18)33)24-9-6-20(7-10-24)30(35)38-25-12-14-26(15-13-25)39-31(36)23-5-4-22-17-27(37-3)11-8-21(22)16-23/h4-17H,1-3H3. The lowest BCUT2D eigenvalue weighted by molar-refractivity contribution is -0.120. The van der Waals surface area contributed by atoms with Crippen molar-refractivity contribution in [2.24, 2.45) is 0 Å². The first-order chi connectivity index (χ1) is 18.7. The molecule has 8 nitrogen and oxygen atoms in total. The molecule has 2 amide bonds. The van der Waals surface area contributed by atoms with Gasteiger partial charge >= 0.3 is 11.9 Å². The first-order valence-electron chi connectivity index (χ1n) is 12.0. The summed E-state index contributed by atoms with van der Waals surface area (Å²) in [5, 5.41) is 1.81. The zero-order valence-electron chi connectivity index (χ0n) is 21.4. The number of esters is 2. The summed E-state index contributed by atoms with van der Waals surface area (Å²) in [6.45, 7) is 3.21. The van der Waals surface area contributed by atoms with Crippen LogP contribution in [0, 0.1) is 0 Å². The Morgan fingerprint density at radius 1 is 0.590 bits per heavy atom. The fourth-order valence-corrected chi connectivity index (χ4v) is 4.11. The number of hydrogen-bond acceptors (Lipinski definition) is 7. The fourth-order valence-electron chi connectivity index (χ4n) is 4.11. The van der Waals surface area contributed by atoms with Crippen LogP contribution in [0.3, 0.4) is 0 Å². The molecule has 0 fully saturated rings. The first kappa shape index (κ1) is 25.4. The van der Waals surface area contributed by atoms with Gasteiger partial charge in [-0.25, -0.2) is 14.5 Å². The average Bonchev–Trinajstić information content (AvgIpc) is 3.15. The van der Waals surface area contributed by atoms with E-state index in [9.17, 15) is 19.2 Å². The van der Waals surface area contributed by atoms with E-state index in [-0.39, 0.29) is 28.9 Å². The molecule has 0 aromatic heterocycles. The van der Waals surface area contributed by atoms with E-state index in [1.807, 2.05) is 24.3 Å². The van der Waals surface area contributed by atoms with Crippen LogP contribution in [0.4, 0.5) is 5.69 Å². The summed E-state index contributed by atoms with van der Waals surface area (Å²) < 4.78 is 16.1. The zero-order chi connectivity index (χ0) is 27.7. The Labute approximate surface area is 224 Å². The molecule has 4 aromatic carbocycles. The third-order valence-electron chi connectivity index (χ3n) is 6.50. The highest BCUT2D eigenvalue weighted by Crippen LogP contribution is 2.28. The summed E-state index contributed by atoms with van der Waals surface area (Å²) >= 11 is 0. The number of methoxy groups -OCH3 is 1. The number of carbonyl (C=O) groups excluding carboxylic acids is 4. The Bertz CT molecular complexity index is 1640. The highest BCUT2D eigenvalue weighted by atomic mass is 16.5. The predicted molar refractivity (Wildman–Crippen MR) is 144 cm³/mol. The minimum absolute atomic E-state index is 0.240. The number of carbonyl (C=O) groups is 4. The van der Waals surface area contributed by atoms with Gasteiger partial charge in [0.2, 0.25) is 0 Å². The van der Waals surface area contributed by atoms with Gasteiger partial charge in [0.05, 0.1) is 23.9 Å². The third kappa shape index (κ3) is 5.00. The van der Waals surface area contributed by atoms with Gasteiger partial charge in [0.25, 0.3) is 11.8 Å². The molecule has 0 saturated carbocycles. The lowest BCUT2D eigenvalue weighted by Crippen LogP contribution is -2.31. The molecule has 194 valence electrons. The van der Waals surface area contributed by atoms with Crippen molar-refractivity contribution in [3.05, 3.63) is 107 Å². The molecule has 0 unspecified atom stereocenters. The maximum absolute atomic E-state index is 12.6.